The smallest absolute Gasteiger partial charge is 0.241 e. The van der Waals surface area contributed by atoms with Crippen LogP contribution in [0.5, 0.6) is 0 Å². The Balaban J connectivity index is 2.30. The third-order valence-corrected chi connectivity index (χ3v) is 4.78. The van der Waals surface area contributed by atoms with Crippen molar-refractivity contribution >= 4 is 10.0 Å². The second-order valence-corrected chi connectivity index (χ2v) is 6.65. The topological polar surface area (TPSA) is 51.1 Å². The number of sulfonamides is 1. The van der Waals surface area contributed by atoms with Crippen LogP contribution in [0.25, 0.3) is 0 Å². The number of nitrogens with zero attached hydrogens (tertiary/aromatic N) is 1. The molecule has 2 aromatic rings. The van der Waals surface area contributed by atoms with E-state index >= 15 is 0 Å². The molecule has 1 aromatic heterocycles. The molecule has 0 aliphatic carbocycles. The lowest BCUT2D eigenvalue weighted by Gasteiger charge is -2.18. The Bertz CT molecular complexity index is 752. The summed E-state index contributed by atoms with van der Waals surface area (Å²) >= 11 is 0. The number of rotatable bonds is 5. The standard InChI is InChI=1S/C16H18N2O2S/c1-4-6-15(16-7-5-12-18(16)3)17-21(19,20)14-10-8-13(2)9-11-14/h1,5,7-12,15,17H,6H2,2-3H3. The normalized spacial score (nSPS) is 12.8. The Morgan fingerprint density at radius 1 is 1.29 bits per heavy atom. The largest absolute Gasteiger partial charge is 0.353 e. The molecular weight excluding hydrogens is 284 g/mol. The van der Waals surface area contributed by atoms with Crippen LogP contribution in [0.4, 0.5) is 0 Å². The maximum absolute atomic E-state index is 12.4. The van der Waals surface area contributed by atoms with Crippen LogP contribution >= 0.6 is 0 Å². The van der Waals surface area contributed by atoms with Gasteiger partial charge in [-0.3, -0.25) is 0 Å². The van der Waals surface area contributed by atoms with Gasteiger partial charge < -0.3 is 4.57 Å². The fourth-order valence-electron chi connectivity index (χ4n) is 2.13. The molecule has 0 bridgehead atoms. The van der Waals surface area contributed by atoms with Crippen molar-refractivity contribution in [3.63, 3.8) is 0 Å². The number of benzene rings is 1. The van der Waals surface area contributed by atoms with E-state index in [-0.39, 0.29) is 4.90 Å². The van der Waals surface area contributed by atoms with Crippen LogP contribution < -0.4 is 4.72 Å². The lowest BCUT2D eigenvalue weighted by Crippen LogP contribution is -2.29. The molecule has 2 rings (SSSR count). The second-order valence-electron chi connectivity index (χ2n) is 4.94. The van der Waals surface area contributed by atoms with E-state index in [2.05, 4.69) is 10.6 Å². The predicted octanol–water partition coefficient (Wildman–Crippen LogP) is 2.38. The summed E-state index contributed by atoms with van der Waals surface area (Å²) in [6, 6.07) is 10.0. The van der Waals surface area contributed by atoms with Crippen LogP contribution in [0.15, 0.2) is 47.5 Å². The van der Waals surface area contributed by atoms with Crippen molar-refractivity contribution in [3.05, 3.63) is 53.9 Å². The lowest BCUT2D eigenvalue weighted by molar-refractivity contribution is 0.548. The number of hydrogen-bond donors (Lipinski definition) is 1. The summed E-state index contributed by atoms with van der Waals surface area (Å²) in [5.74, 6) is 2.53. The summed E-state index contributed by atoms with van der Waals surface area (Å²) in [4.78, 5) is 0.240. The molecule has 1 N–H and O–H groups in total. The van der Waals surface area contributed by atoms with E-state index in [4.69, 9.17) is 6.42 Å². The van der Waals surface area contributed by atoms with E-state index in [1.165, 1.54) is 0 Å². The Kier molecular flexibility index (Phi) is 4.51. The summed E-state index contributed by atoms with van der Waals surface area (Å²) in [6.45, 7) is 1.91. The highest BCUT2D eigenvalue weighted by atomic mass is 32.2. The highest BCUT2D eigenvalue weighted by Gasteiger charge is 2.22. The van der Waals surface area contributed by atoms with Gasteiger partial charge in [-0.25, -0.2) is 13.1 Å². The zero-order valence-electron chi connectivity index (χ0n) is 12.1. The molecule has 0 radical (unpaired) electrons. The van der Waals surface area contributed by atoms with Gasteiger partial charge in [0.05, 0.1) is 10.9 Å². The average Bonchev–Trinajstić information content (AvgIpc) is 2.85. The molecular formula is C16H18N2O2S. The van der Waals surface area contributed by atoms with Gasteiger partial charge >= 0.3 is 0 Å². The third-order valence-electron chi connectivity index (χ3n) is 3.29. The van der Waals surface area contributed by atoms with Crippen molar-refractivity contribution in [2.45, 2.75) is 24.3 Å². The number of aryl methyl sites for hydroxylation is 2. The van der Waals surface area contributed by atoms with Crippen LogP contribution in [-0.4, -0.2) is 13.0 Å². The molecule has 0 amide bonds. The summed E-state index contributed by atoms with van der Waals surface area (Å²) < 4.78 is 29.4. The molecule has 0 aliphatic heterocycles. The van der Waals surface area contributed by atoms with Crippen LogP contribution in [0.1, 0.15) is 23.7 Å². The lowest BCUT2D eigenvalue weighted by atomic mass is 10.1. The Labute approximate surface area is 125 Å². The van der Waals surface area contributed by atoms with E-state index in [0.717, 1.165) is 11.3 Å². The van der Waals surface area contributed by atoms with Gasteiger partial charge in [-0.15, -0.1) is 12.3 Å². The van der Waals surface area contributed by atoms with E-state index in [0.29, 0.717) is 6.42 Å². The molecule has 1 heterocycles. The van der Waals surface area contributed by atoms with Crippen LogP contribution in [0, 0.1) is 19.3 Å². The zero-order valence-corrected chi connectivity index (χ0v) is 12.9. The molecule has 0 fully saturated rings. The quantitative estimate of drug-likeness (QED) is 0.862. The number of aromatic nitrogens is 1. The monoisotopic (exact) mass is 302 g/mol. The number of nitrogens with one attached hydrogen (secondary N) is 1. The van der Waals surface area contributed by atoms with Gasteiger partial charge in [-0.1, -0.05) is 17.7 Å². The molecule has 5 heteroatoms. The van der Waals surface area contributed by atoms with Gasteiger partial charge in [0.1, 0.15) is 0 Å². The molecule has 21 heavy (non-hydrogen) atoms. The summed E-state index contributed by atoms with van der Waals surface area (Å²) in [7, 11) is -1.74. The molecule has 1 aromatic carbocycles. The van der Waals surface area contributed by atoms with E-state index in [1.54, 1.807) is 24.3 Å². The summed E-state index contributed by atoms with van der Waals surface area (Å²) in [6.07, 6.45) is 7.52. The molecule has 0 aliphatic rings. The van der Waals surface area contributed by atoms with Crippen LogP contribution in [0.2, 0.25) is 0 Å². The third kappa shape index (κ3) is 3.54. The van der Waals surface area contributed by atoms with Gasteiger partial charge in [-0.2, -0.15) is 0 Å². The van der Waals surface area contributed by atoms with Crippen molar-refractivity contribution in [2.24, 2.45) is 7.05 Å². The zero-order chi connectivity index (χ0) is 15.5. The maximum atomic E-state index is 12.4. The molecule has 1 atom stereocenters. The first-order chi connectivity index (χ1) is 9.94. The first kappa shape index (κ1) is 15.4. The first-order valence-electron chi connectivity index (χ1n) is 6.58. The molecule has 1 unspecified atom stereocenters. The minimum absolute atomic E-state index is 0.240. The van der Waals surface area contributed by atoms with Gasteiger partial charge in [0.2, 0.25) is 10.0 Å². The first-order valence-corrected chi connectivity index (χ1v) is 8.06. The Morgan fingerprint density at radius 3 is 2.48 bits per heavy atom. The average molecular weight is 302 g/mol. The summed E-state index contributed by atoms with van der Waals surface area (Å²) in [5, 5.41) is 0. The Morgan fingerprint density at radius 2 is 1.95 bits per heavy atom. The van der Waals surface area contributed by atoms with E-state index < -0.39 is 16.1 Å². The molecule has 0 saturated carbocycles. The molecule has 0 spiro atoms. The van der Waals surface area contributed by atoms with Crippen molar-refractivity contribution < 1.29 is 8.42 Å². The van der Waals surface area contributed by atoms with Gasteiger partial charge in [0.15, 0.2) is 0 Å². The summed E-state index contributed by atoms with van der Waals surface area (Å²) in [5.41, 5.74) is 1.85. The second kappa shape index (κ2) is 6.17. The van der Waals surface area contributed by atoms with Gasteiger partial charge in [0.25, 0.3) is 0 Å². The number of terminal acetylenes is 1. The minimum atomic E-state index is -3.60. The van der Waals surface area contributed by atoms with E-state index in [1.807, 2.05) is 36.9 Å². The van der Waals surface area contributed by atoms with Gasteiger partial charge in [-0.05, 0) is 31.2 Å². The molecule has 110 valence electrons. The maximum Gasteiger partial charge on any atom is 0.241 e. The highest BCUT2D eigenvalue weighted by molar-refractivity contribution is 7.89. The van der Waals surface area contributed by atoms with E-state index in [9.17, 15) is 8.42 Å². The van der Waals surface area contributed by atoms with Crippen molar-refractivity contribution in [2.75, 3.05) is 0 Å². The van der Waals surface area contributed by atoms with Gasteiger partial charge in [0, 0.05) is 25.4 Å². The van der Waals surface area contributed by atoms with Crippen molar-refractivity contribution in [1.82, 2.24) is 9.29 Å². The minimum Gasteiger partial charge on any atom is -0.353 e. The van der Waals surface area contributed by atoms with Crippen molar-refractivity contribution in [1.29, 1.82) is 0 Å². The SMILES string of the molecule is C#CCC(NS(=O)(=O)c1ccc(C)cc1)c1cccn1C. The van der Waals surface area contributed by atoms with Crippen molar-refractivity contribution in [3.8, 4) is 12.3 Å². The van der Waals surface area contributed by atoms with Crippen LogP contribution in [-0.2, 0) is 17.1 Å². The highest BCUT2D eigenvalue weighted by Crippen LogP contribution is 2.20. The fraction of sp³-hybridized carbons (Fsp3) is 0.250. The van der Waals surface area contributed by atoms with Crippen LogP contribution in [0.3, 0.4) is 0 Å². The molecule has 0 saturated heterocycles. The fourth-order valence-corrected chi connectivity index (χ4v) is 3.34. The predicted molar refractivity (Wildman–Crippen MR) is 83.1 cm³/mol. The Hall–Kier alpha value is -2.03. The number of hydrogen-bond acceptors (Lipinski definition) is 2. The molecule has 4 nitrogen and oxygen atoms in total.